The molecule has 0 radical (unpaired) electrons. The minimum Gasteiger partial charge on any atom is -0.396 e. The van der Waals surface area contributed by atoms with Crippen LogP contribution in [-0.4, -0.2) is 31.2 Å². The molecule has 0 saturated heterocycles. The van der Waals surface area contributed by atoms with Gasteiger partial charge in [0.2, 0.25) is 5.91 Å². The summed E-state index contributed by atoms with van der Waals surface area (Å²) in [5.41, 5.74) is 3.28. The molecule has 1 aromatic carbocycles. The van der Waals surface area contributed by atoms with Gasteiger partial charge in [0, 0.05) is 38.0 Å². The molecule has 2 N–H and O–H groups in total. The number of nitrogens with one attached hydrogen (secondary N) is 1. The van der Waals surface area contributed by atoms with Crippen molar-refractivity contribution in [2.75, 3.05) is 30.4 Å². The predicted octanol–water partition coefficient (Wildman–Crippen LogP) is 2.03. The van der Waals surface area contributed by atoms with E-state index in [-0.39, 0.29) is 18.4 Å². The van der Waals surface area contributed by atoms with Crippen LogP contribution in [0.1, 0.15) is 25.3 Å². The minimum absolute atomic E-state index is 0.129. The van der Waals surface area contributed by atoms with Crippen molar-refractivity contribution in [1.82, 2.24) is 0 Å². The summed E-state index contributed by atoms with van der Waals surface area (Å²) in [4.78, 5) is 13.9. The van der Waals surface area contributed by atoms with Gasteiger partial charge in [-0.3, -0.25) is 4.79 Å². The molecule has 1 aromatic rings. The van der Waals surface area contributed by atoms with E-state index >= 15 is 0 Å². The van der Waals surface area contributed by atoms with Crippen molar-refractivity contribution >= 4 is 17.3 Å². The summed E-state index contributed by atoms with van der Waals surface area (Å²) >= 11 is 0. The number of benzene rings is 1. The third-order valence-electron chi connectivity index (χ3n) is 3.84. The number of hydrogen-bond donors (Lipinski definition) is 2. The molecule has 4 nitrogen and oxygen atoms in total. The summed E-state index contributed by atoms with van der Waals surface area (Å²) in [6.07, 6.45) is 2.24. The van der Waals surface area contributed by atoms with E-state index in [0.717, 1.165) is 24.2 Å². The van der Waals surface area contributed by atoms with Gasteiger partial charge in [0.25, 0.3) is 0 Å². The minimum atomic E-state index is 0.129. The number of carbonyl (C=O) groups is 1. The van der Waals surface area contributed by atoms with Crippen LogP contribution in [0.25, 0.3) is 0 Å². The first kappa shape index (κ1) is 13.9. The maximum absolute atomic E-state index is 12.1. The van der Waals surface area contributed by atoms with Gasteiger partial charge in [0.1, 0.15) is 0 Å². The van der Waals surface area contributed by atoms with Crippen LogP contribution in [0.2, 0.25) is 0 Å². The van der Waals surface area contributed by atoms with Crippen molar-refractivity contribution in [3.63, 3.8) is 0 Å². The van der Waals surface area contributed by atoms with Gasteiger partial charge >= 0.3 is 0 Å². The number of rotatable bonds is 5. The molecule has 1 amide bonds. The molecule has 0 aromatic heterocycles. The second-order valence-corrected chi connectivity index (χ2v) is 5.05. The molecule has 2 rings (SSSR count). The summed E-state index contributed by atoms with van der Waals surface area (Å²) in [6, 6.07) is 6.10. The third kappa shape index (κ3) is 2.89. The average Bonchev–Trinajstić information content (AvgIpc) is 2.46. The SMILES string of the molecule is CCC(CO)CN1C(=O)CCc2cc(NC)ccc21. The molecular weight excluding hydrogens is 240 g/mol. The fraction of sp³-hybridized carbons (Fsp3) is 0.533. The molecule has 0 spiro atoms. The molecule has 0 bridgehead atoms. The maximum Gasteiger partial charge on any atom is 0.227 e. The molecular formula is C15H22N2O2. The van der Waals surface area contributed by atoms with E-state index in [2.05, 4.69) is 11.4 Å². The molecule has 0 fully saturated rings. The molecule has 1 unspecified atom stereocenters. The Morgan fingerprint density at radius 3 is 2.84 bits per heavy atom. The lowest BCUT2D eigenvalue weighted by molar-refractivity contribution is -0.119. The van der Waals surface area contributed by atoms with Crippen molar-refractivity contribution in [1.29, 1.82) is 0 Å². The van der Waals surface area contributed by atoms with E-state index in [0.29, 0.717) is 13.0 Å². The Labute approximate surface area is 114 Å². The summed E-state index contributed by atoms with van der Waals surface area (Å²) < 4.78 is 0. The van der Waals surface area contributed by atoms with E-state index in [1.54, 1.807) is 0 Å². The van der Waals surface area contributed by atoms with Gasteiger partial charge in [-0.1, -0.05) is 6.92 Å². The number of aryl methyl sites for hydroxylation is 1. The fourth-order valence-corrected chi connectivity index (χ4v) is 2.49. The lowest BCUT2D eigenvalue weighted by Crippen LogP contribution is -2.39. The first-order valence-corrected chi connectivity index (χ1v) is 6.91. The highest BCUT2D eigenvalue weighted by molar-refractivity contribution is 5.96. The first-order valence-electron chi connectivity index (χ1n) is 6.91. The van der Waals surface area contributed by atoms with E-state index in [9.17, 15) is 9.90 Å². The van der Waals surface area contributed by atoms with Gasteiger partial charge in [-0.25, -0.2) is 0 Å². The van der Waals surface area contributed by atoms with Crippen LogP contribution in [0, 0.1) is 5.92 Å². The van der Waals surface area contributed by atoms with Crippen molar-refractivity contribution < 1.29 is 9.90 Å². The Kier molecular flexibility index (Phi) is 4.43. The molecule has 104 valence electrons. The number of nitrogens with zero attached hydrogens (tertiary/aromatic N) is 1. The average molecular weight is 262 g/mol. The zero-order chi connectivity index (χ0) is 13.8. The van der Waals surface area contributed by atoms with Crippen molar-refractivity contribution in [2.24, 2.45) is 5.92 Å². The quantitative estimate of drug-likeness (QED) is 0.853. The van der Waals surface area contributed by atoms with Crippen LogP contribution >= 0.6 is 0 Å². The number of hydrogen-bond acceptors (Lipinski definition) is 3. The lowest BCUT2D eigenvalue weighted by Gasteiger charge is -2.32. The maximum atomic E-state index is 12.1. The Bertz CT molecular complexity index is 455. The number of aliphatic hydroxyl groups excluding tert-OH is 1. The topological polar surface area (TPSA) is 52.6 Å². The van der Waals surface area contributed by atoms with Gasteiger partial charge in [-0.2, -0.15) is 0 Å². The highest BCUT2D eigenvalue weighted by atomic mass is 16.3. The second kappa shape index (κ2) is 6.06. The molecule has 1 aliphatic rings. The number of fused-ring (bicyclic) bond motifs is 1. The molecule has 1 aliphatic heterocycles. The molecule has 0 aliphatic carbocycles. The predicted molar refractivity (Wildman–Crippen MR) is 77.5 cm³/mol. The second-order valence-electron chi connectivity index (χ2n) is 5.05. The van der Waals surface area contributed by atoms with Crippen molar-refractivity contribution in [3.8, 4) is 0 Å². The summed E-state index contributed by atoms with van der Waals surface area (Å²) in [7, 11) is 1.90. The zero-order valence-corrected chi connectivity index (χ0v) is 11.6. The number of anilines is 2. The van der Waals surface area contributed by atoms with Crippen LogP contribution in [0.3, 0.4) is 0 Å². The highest BCUT2D eigenvalue weighted by Crippen LogP contribution is 2.31. The smallest absolute Gasteiger partial charge is 0.227 e. The van der Waals surface area contributed by atoms with Gasteiger partial charge < -0.3 is 15.3 Å². The van der Waals surface area contributed by atoms with E-state index in [1.807, 2.05) is 31.0 Å². The molecule has 1 atom stereocenters. The van der Waals surface area contributed by atoms with E-state index in [1.165, 1.54) is 5.56 Å². The number of aliphatic hydroxyl groups is 1. The van der Waals surface area contributed by atoms with Crippen molar-refractivity contribution in [3.05, 3.63) is 23.8 Å². The number of carbonyl (C=O) groups excluding carboxylic acids is 1. The summed E-state index contributed by atoms with van der Waals surface area (Å²) in [5.74, 6) is 0.315. The van der Waals surface area contributed by atoms with Gasteiger partial charge in [-0.15, -0.1) is 0 Å². The van der Waals surface area contributed by atoms with Gasteiger partial charge in [0.15, 0.2) is 0 Å². The number of amides is 1. The largest absolute Gasteiger partial charge is 0.396 e. The van der Waals surface area contributed by atoms with Crippen LogP contribution in [0.4, 0.5) is 11.4 Å². The monoisotopic (exact) mass is 262 g/mol. The van der Waals surface area contributed by atoms with Gasteiger partial charge in [-0.05, 0) is 42.5 Å². The normalized spacial score (nSPS) is 16.2. The van der Waals surface area contributed by atoms with Crippen LogP contribution in [-0.2, 0) is 11.2 Å². The summed E-state index contributed by atoms with van der Waals surface area (Å²) in [5, 5.41) is 12.4. The Hall–Kier alpha value is -1.55. The Balaban J connectivity index is 2.27. The Morgan fingerprint density at radius 1 is 1.42 bits per heavy atom. The van der Waals surface area contributed by atoms with Crippen molar-refractivity contribution in [2.45, 2.75) is 26.2 Å². The molecule has 4 heteroatoms. The van der Waals surface area contributed by atoms with Crippen LogP contribution < -0.4 is 10.2 Å². The van der Waals surface area contributed by atoms with Crippen LogP contribution in [0.5, 0.6) is 0 Å². The molecule has 19 heavy (non-hydrogen) atoms. The fourth-order valence-electron chi connectivity index (χ4n) is 2.49. The third-order valence-corrected chi connectivity index (χ3v) is 3.84. The van der Waals surface area contributed by atoms with E-state index in [4.69, 9.17) is 0 Å². The first-order chi connectivity index (χ1) is 9.19. The highest BCUT2D eigenvalue weighted by Gasteiger charge is 2.25. The summed E-state index contributed by atoms with van der Waals surface area (Å²) in [6.45, 7) is 2.78. The van der Waals surface area contributed by atoms with E-state index < -0.39 is 0 Å². The Morgan fingerprint density at radius 2 is 2.21 bits per heavy atom. The zero-order valence-electron chi connectivity index (χ0n) is 11.6. The molecule has 0 saturated carbocycles. The molecule has 1 heterocycles. The van der Waals surface area contributed by atoms with Crippen LogP contribution in [0.15, 0.2) is 18.2 Å². The van der Waals surface area contributed by atoms with Gasteiger partial charge in [0.05, 0.1) is 0 Å². The lowest BCUT2D eigenvalue weighted by atomic mass is 9.98. The standard InChI is InChI=1S/C15H22N2O2/c1-3-11(10-18)9-17-14-6-5-13(16-2)8-12(14)4-7-15(17)19/h5-6,8,11,16,18H,3-4,7,9-10H2,1-2H3.